The van der Waals surface area contributed by atoms with Crippen LogP contribution in [0.4, 0.5) is 0 Å². The predicted octanol–water partition coefficient (Wildman–Crippen LogP) is 4.23. The van der Waals surface area contributed by atoms with E-state index in [9.17, 15) is 0 Å². The van der Waals surface area contributed by atoms with E-state index in [1.54, 1.807) is 11.3 Å². The molecule has 18 heavy (non-hydrogen) atoms. The van der Waals surface area contributed by atoms with Crippen molar-refractivity contribution in [2.45, 2.75) is 13.3 Å². The van der Waals surface area contributed by atoms with Crippen LogP contribution < -0.4 is 0 Å². The van der Waals surface area contributed by atoms with Crippen molar-refractivity contribution in [2.75, 3.05) is 0 Å². The second-order valence-electron chi connectivity index (χ2n) is 4.57. The first kappa shape index (κ1) is 10.4. The SMILES string of the molecule is Cc1nc2sc3c(c2c(=S)[nH]1)-c1ccccc1C3. The Bertz CT molecular complexity index is 843. The highest BCUT2D eigenvalue weighted by atomic mass is 32.1. The summed E-state index contributed by atoms with van der Waals surface area (Å²) in [5.74, 6) is 0.890. The molecule has 2 nitrogen and oxygen atoms in total. The van der Waals surface area contributed by atoms with Gasteiger partial charge >= 0.3 is 0 Å². The van der Waals surface area contributed by atoms with Crippen molar-refractivity contribution >= 4 is 33.8 Å². The number of hydrogen-bond donors (Lipinski definition) is 1. The number of aromatic nitrogens is 2. The molecular weight excluding hydrogens is 260 g/mol. The molecule has 0 bridgehead atoms. The summed E-state index contributed by atoms with van der Waals surface area (Å²) in [7, 11) is 0. The summed E-state index contributed by atoms with van der Waals surface area (Å²) < 4.78 is 0.812. The monoisotopic (exact) mass is 270 g/mol. The number of fused-ring (bicyclic) bond motifs is 5. The van der Waals surface area contributed by atoms with Gasteiger partial charge in [-0.05, 0) is 18.1 Å². The lowest BCUT2D eigenvalue weighted by Crippen LogP contribution is -1.88. The highest BCUT2D eigenvalue weighted by molar-refractivity contribution is 7.71. The van der Waals surface area contributed by atoms with Crippen molar-refractivity contribution in [3.63, 3.8) is 0 Å². The van der Waals surface area contributed by atoms with Gasteiger partial charge in [-0.25, -0.2) is 4.98 Å². The van der Waals surface area contributed by atoms with Crippen molar-refractivity contribution < 1.29 is 0 Å². The van der Waals surface area contributed by atoms with Crippen LogP contribution in [0.15, 0.2) is 24.3 Å². The van der Waals surface area contributed by atoms with E-state index in [0.29, 0.717) is 0 Å². The molecule has 1 N–H and O–H groups in total. The number of benzene rings is 1. The summed E-state index contributed by atoms with van der Waals surface area (Å²) in [5.41, 5.74) is 4.03. The van der Waals surface area contributed by atoms with Crippen LogP contribution in [0, 0.1) is 11.6 Å². The van der Waals surface area contributed by atoms with Gasteiger partial charge in [0.1, 0.15) is 15.3 Å². The summed E-state index contributed by atoms with van der Waals surface area (Å²) in [5, 5.41) is 1.13. The molecule has 2 heterocycles. The Balaban J connectivity index is 2.19. The maximum atomic E-state index is 5.48. The number of aryl methyl sites for hydroxylation is 1. The Hall–Kier alpha value is -1.52. The van der Waals surface area contributed by atoms with Gasteiger partial charge in [-0.1, -0.05) is 36.5 Å². The van der Waals surface area contributed by atoms with Crippen LogP contribution in [0.3, 0.4) is 0 Å². The van der Waals surface area contributed by atoms with Crippen LogP contribution in [0.5, 0.6) is 0 Å². The minimum atomic E-state index is 0.812. The van der Waals surface area contributed by atoms with Crippen molar-refractivity contribution in [2.24, 2.45) is 0 Å². The lowest BCUT2D eigenvalue weighted by molar-refractivity contribution is 1.09. The first-order valence-electron chi connectivity index (χ1n) is 5.84. The van der Waals surface area contributed by atoms with E-state index >= 15 is 0 Å². The third-order valence-electron chi connectivity index (χ3n) is 3.39. The number of rotatable bonds is 0. The molecule has 4 heteroatoms. The second kappa shape index (κ2) is 3.49. The minimum Gasteiger partial charge on any atom is -0.334 e. The summed E-state index contributed by atoms with van der Waals surface area (Å²) in [6.45, 7) is 1.95. The quantitative estimate of drug-likeness (QED) is 0.484. The van der Waals surface area contributed by atoms with Crippen molar-refractivity contribution in [1.82, 2.24) is 9.97 Å². The zero-order valence-corrected chi connectivity index (χ0v) is 11.4. The lowest BCUT2D eigenvalue weighted by atomic mass is 10.1. The number of hydrogen-bond acceptors (Lipinski definition) is 3. The zero-order chi connectivity index (χ0) is 12.3. The topological polar surface area (TPSA) is 28.7 Å². The van der Waals surface area contributed by atoms with E-state index < -0.39 is 0 Å². The molecule has 0 fully saturated rings. The first-order chi connectivity index (χ1) is 8.74. The molecule has 0 amide bonds. The summed E-state index contributed by atoms with van der Waals surface area (Å²) in [4.78, 5) is 10.2. The van der Waals surface area contributed by atoms with Crippen LogP contribution in [0.2, 0.25) is 0 Å². The molecule has 1 aromatic carbocycles. The highest BCUT2D eigenvalue weighted by Gasteiger charge is 2.24. The third-order valence-corrected chi connectivity index (χ3v) is 4.78. The third kappa shape index (κ3) is 1.27. The Kier molecular flexibility index (Phi) is 2.02. The van der Waals surface area contributed by atoms with Crippen LogP contribution in [0.1, 0.15) is 16.3 Å². The number of H-pyrrole nitrogens is 1. The molecule has 3 aromatic rings. The molecule has 4 rings (SSSR count). The smallest absolute Gasteiger partial charge is 0.129 e. The first-order valence-corrected chi connectivity index (χ1v) is 7.07. The van der Waals surface area contributed by atoms with E-state index in [4.69, 9.17) is 12.2 Å². The minimum absolute atomic E-state index is 0.812. The number of thiophene rings is 1. The maximum absolute atomic E-state index is 5.48. The van der Waals surface area contributed by atoms with Crippen molar-refractivity contribution in [1.29, 1.82) is 0 Å². The molecular formula is C14H10N2S2. The fourth-order valence-electron chi connectivity index (χ4n) is 2.66. The van der Waals surface area contributed by atoms with Crippen LogP contribution >= 0.6 is 23.6 Å². The zero-order valence-electron chi connectivity index (χ0n) is 9.78. The van der Waals surface area contributed by atoms with E-state index in [1.165, 1.54) is 21.6 Å². The number of aromatic amines is 1. The van der Waals surface area contributed by atoms with Crippen LogP contribution in [-0.2, 0) is 6.42 Å². The molecule has 1 aliphatic rings. The summed E-state index contributed by atoms with van der Waals surface area (Å²) >= 11 is 7.25. The molecule has 88 valence electrons. The lowest BCUT2D eigenvalue weighted by Gasteiger charge is -2.01. The van der Waals surface area contributed by atoms with Gasteiger partial charge in [0.2, 0.25) is 0 Å². The van der Waals surface area contributed by atoms with E-state index in [-0.39, 0.29) is 0 Å². The Labute approximate surface area is 113 Å². The molecule has 1 aliphatic carbocycles. The molecule has 0 saturated carbocycles. The van der Waals surface area contributed by atoms with Gasteiger partial charge in [0.15, 0.2) is 0 Å². The Morgan fingerprint density at radius 2 is 2.17 bits per heavy atom. The fourth-order valence-corrected chi connectivity index (χ4v) is 4.34. The fraction of sp³-hybridized carbons (Fsp3) is 0.143. The molecule has 0 saturated heterocycles. The van der Waals surface area contributed by atoms with E-state index in [2.05, 4.69) is 34.2 Å². The normalized spacial score (nSPS) is 12.7. The average molecular weight is 270 g/mol. The molecule has 0 aliphatic heterocycles. The summed E-state index contributed by atoms with van der Waals surface area (Å²) in [6.07, 6.45) is 1.01. The molecule has 0 unspecified atom stereocenters. The van der Waals surface area contributed by atoms with Gasteiger partial charge in [-0.2, -0.15) is 0 Å². The van der Waals surface area contributed by atoms with Gasteiger partial charge in [0.05, 0.1) is 5.39 Å². The Morgan fingerprint density at radius 3 is 3.06 bits per heavy atom. The maximum Gasteiger partial charge on any atom is 0.129 e. The van der Waals surface area contributed by atoms with Crippen molar-refractivity contribution in [3.8, 4) is 11.1 Å². The van der Waals surface area contributed by atoms with Gasteiger partial charge in [-0.15, -0.1) is 11.3 Å². The van der Waals surface area contributed by atoms with Gasteiger partial charge in [0, 0.05) is 16.9 Å². The predicted molar refractivity (Wildman–Crippen MR) is 77.8 cm³/mol. The number of nitrogens with zero attached hydrogens (tertiary/aromatic N) is 1. The largest absolute Gasteiger partial charge is 0.334 e. The van der Waals surface area contributed by atoms with Gasteiger partial charge < -0.3 is 4.98 Å². The highest BCUT2D eigenvalue weighted by Crippen LogP contribution is 2.45. The Morgan fingerprint density at radius 1 is 1.33 bits per heavy atom. The van der Waals surface area contributed by atoms with Crippen LogP contribution in [0.25, 0.3) is 21.3 Å². The number of nitrogens with one attached hydrogen (secondary N) is 1. The van der Waals surface area contributed by atoms with Crippen LogP contribution in [-0.4, -0.2) is 9.97 Å². The molecule has 0 radical (unpaired) electrons. The molecule has 2 aromatic heterocycles. The van der Waals surface area contributed by atoms with Gasteiger partial charge in [-0.3, -0.25) is 0 Å². The van der Waals surface area contributed by atoms with Crippen molar-refractivity contribution in [3.05, 3.63) is 45.2 Å². The average Bonchev–Trinajstić information content (AvgIpc) is 2.83. The van der Waals surface area contributed by atoms with Gasteiger partial charge in [0.25, 0.3) is 0 Å². The van der Waals surface area contributed by atoms with E-state index in [0.717, 1.165) is 27.1 Å². The standard InChI is InChI=1S/C14H10N2S2/c1-7-15-13(17)12-11-9-5-3-2-4-8(9)6-10(11)18-14(12)16-7/h2-5H,6H2,1H3,(H,15,16,17). The second-order valence-corrected chi connectivity index (χ2v) is 6.06. The molecule has 0 spiro atoms. The van der Waals surface area contributed by atoms with E-state index in [1.807, 2.05) is 6.92 Å². The summed E-state index contributed by atoms with van der Waals surface area (Å²) in [6, 6.07) is 8.57. The molecule has 0 atom stereocenters.